The fourth-order valence-electron chi connectivity index (χ4n) is 3.62. The zero-order chi connectivity index (χ0) is 18.1. The van der Waals surface area contributed by atoms with Gasteiger partial charge in [0.25, 0.3) is 0 Å². The Morgan fingerprint density at radius 2 is 1.88 bits per heavy atom. The first-order chi connectivity index (χ1) is 12.6. The van der Waals surface area contributed by atoms with E-state index in [0.29, 0.717) is 0 Å². The highest BCUT2D eigenvalue weighted by molar-refractivity contribution is 7.71. The highest BCUT2D eigenvalue weighted by Crippen LogP contribution is 2.26. The summed E-state index contributed by atoms with van der Waals surface area (Å²) < 4.78 is 10.6. The summed E-state index contributed by atoms with van der Waals surface area (Å²) in [5, 5.41) is 6.97. The van der Waals surface area contributed by atoms with E-state index in [1.54, 1.807) is 11.3 Å². The lowest BCUT2D eigenvalue weighted by Crippen LogP contribution is -3.14. The molecule has 0 bridgehead atoms. The summed E-state index contributed by atoms with van der Waals surface area (Å²) in [5.41, 5.74) is 1.05. The van der Waals surface area contributed by atoms with Crippen molar-refractivity contribution in [1.29, 1.82) is 0 Å². The van der Waals surface area contributed by atoms with E-state index >= 15 is 0 Å². The molecule has 1 N–H and O–H groups in total. The molecular weight excluding hydrogens is 364 g/mol. The zero-order valence-electron chi connectivity index (χ0n) is 15.0. The molecule has 0 amide bonds. The minimum atomic E-state index is 0.260. The van der Waals surface area contributed by atoms with Gasteiger partial charge >= 0.3 is 0 Å². The smallest absolute Gasteiger partial charge is 0.207 e. The van der Waals surface area contributed by atoms with Crippen molar-refractivity contribution >= 4 is 23.6 Å². The number of aromatic nitrogens is 3. The quantitative estimate of drug-likeness (QED) is 0.700. The van der Waals surface area contributed by atoms with Crippen molar-refractivity contribution in [1.82, 2.24) is 14.3 Å². The van der Waals surface area contributed by atoms with E-state index < -0.39 is 0 Å². The van der Waals surface area contributed by atoms with Gasteiger partial charge in [-0.05, 0) is 49.6 Å². The number of nitrogens with zero attached hydrogens (tertiary/aromatic N) is 3. The Hall–Kier alpha value is -1.80. The highest BCUT2D eigenvalue weighted by atomic mass is 32.1. The molecule has 1 aliphatic heterocycles. The van der Waals surface area contributed by atoms with Crippen molar-refractivity contribution in [3.05, 3.63) is 52.6 Å². The number of benzene rings is 1. The molecule has 4 rings (SSSR count). The highest BCUT2D eigenvalue weighted by Gasteiger charge is 2.27. The lowest BCUT2D eigenvalue weighted by atomic mass is 10.2. The van der Waals surface area contributed by atoms with Crippen LogP contribution in [-0.2, 0) is 11.4 Å². The molecule has 1 aliphatic rings. The molecule has 3 aromatic rings. The largest absolute Gasteiger partial charge is 0.364 e. The number of hydrogen-bond acceptors (Lipinski definition) is 4. The van der Waals surface area contributed by atoms with Gasteiger partial charge in [-0.1, -0.05) is 24.3 Å². The number of quaternary nitrogens is 1. The normalized spacial score (nSPS) is 23.2. The topological polar surface area (TPSA) is 36.4 Å². The SMILES string of the molecule is C[C@@H]1C[NH+](Cn2nc(-c3cccs3)n(-c3ccccc3)c2=S)C[C@@H](C)O1. The van der Waals surface area contributed by atoms with Gasteiger partial charge in [0.05, 0.1) is 10.6 Å². The molecule has 5 nitrogen and oxygen atoms in total. The van der Waals surface area contributed by atoms with E-state index in [-0.39, 0.29) is 12.2 Å². The molecule has 26 heavy (non-hydrogen) atoms. The summed E-state index contributed by atoms with van der Waals surface area (Å²) in [7, 11) is 0. The molecule has 1 fully saturated rings. The first kappa shape index (κ1) is 17.6. The molecule has 3 heterocycles. The van der Waals surface area contributed by atoms with Gasteiger partial charge < -0.3 is 9.64 Å². The van der Waals surface area contributed by atoms with Crippen LogP contribution in [0.15, 0.2) is 47.8 Å². The van der Waals surface area contributed by atoms with Crippen LogP contribution in [0.25, 0.3) is 16.4 Å². The Kier molecular flexibility index (Phi) is 5.04. The summed E-state index contributed by atoms with van der Waals surface area (Å²) in [4.78, 5) is 2.57. The van der Waals surface area contributed by atoms with Gasteiger partial charge in [-0.2, -0.15) is 4.68 Å². The Morgan fingerprint density at radius 3 is 2.54 bits per heavy atom. The Morgan fingerprint density at radius 1 is 1.15 bits per heavy atom. The molecule has 7 heteroatoms. The maximum absolute atomic E-state index is 5.86. The van der Waals surface area contributed by atoms with Crippen LogP contribution in [0.4, 0.5) is 0 Å². The molecule has 136 valence electrons. The monoisotopic (exact) mass is 387 g/mol. The number of para-hydroxylation sites is 1. The van der Waals surface area contributed by atoms with Crippen LogP contribution in [0.3, 0.4) is 0 Å². The second kappa shape index (κ2) is 7.44. The molecule has 1 saturated heterocycles. The third-order valence-corrected chi connectivity index (χ3v) is 5.84. The van der Waals surface area contributed by atoms with Crippen molar-refractivity contribution < 1.29 is 9.64 Å². The molecule has 0 spiro atoms. The van der Waals surface area contributed by atoms with E-state index in [2.05, 4.69) is 42.0 Å². The maximum Gasteiger partial charge on any atom is 0.207 e. The molecule has 0 unspecified atom stereocenters. The van der Waals surface area contributed by atoms with Crippen molar-refractivity contribution in [2.75, 3.05) is 13.1 Å². The number of hydrogen-bond donors (Lipinski definition) is 1. The Balaban J connectivity index is 1.74. The van der Waals surface area contributed by atoms with Gasteiger partial charge in [0.1, 0.15) is 25.3 Å². The summed E-state index contributed by atoms with van der Waals surface area (Å²) in [5.74, 6) is 0.907. The third kappa shape index (κ3) is 3.53. The van der Waals surface area contributed by atoms with Crippen molar-refractivity contribution in [2.45, 2.75) is 32.7 Å². The van der Waals surface area contributed by atoms with Gasteiger partial charge in [0, 0.05) is 0 Å². The van der Waals surface area contributed by atoms with Crippen LogP contribution in [0.5, 0.6) is 0 Å². The van der Waals surface area contributed by atoms with Crippen molar-refractivity contribution in [3.63, 3.8) is 0 Å². The summed E-state index contributed by atoms with van der Waals surface area (Å²) >= 11 is 7.50. The van der Waals surface area contributed by atoms with Gasteiger partial charge in [0.15, 0.2) is 12.5 Å². The van der Waals surface area contributed by atoms with Crippen LogP contribution in [0.1, 0.15) is 13.8 Å². The lowest BCUT2D eigenvalue weighted by Gasteiger charge is -2.32. The fourth-order valence-corrected chi connectivity index (χ4v) is 4.61. The van der Waals surface area contributed by atoms with E-state index in [4.69, 9.17) is 22.1 Å². The van der Waals surface area contributed by atoms with Crippen LogP contribution >= 0.6 is 23.6 Å². The predicted octanol–water partition coefficient (Wildman–Crippen LogP) is 2.78. The van der Waals surface area contributed by atoms with E-state index in [0.717, 1.165) is 40.9 Å². The average Bonchev–Trinajstić information content (AvgIpc) is 3.24. The Bertz CT molecular complexity index is 907. The van der Waals surface area contributed by atoms with Crippen LogP contribution in [0.2, 0.25) is 0 Å². The predicted molar refractivity (Wildman–Crippen MR) is 106 cm³/mol. The minimum absolute atomic E-state index is 0.260. The van der Waals surface area contributed by atoms with E-state index in [1.807, 2.05) is 28.9 Å². The Labute approximate surface area is 162 Å². The lowest BCUT2D eigenvalue weighted by molar-refractivity contribution is -0.937. The molecule has 0 aliphatic carbocycles. The van der Waals surface area contributed by atoms with Gasteiger partial charge in [-0.3, -0.25) is 4.57 Å². The average molecular weight is 388 g/mol. The summed E-state index contributed by atoms with van der Waals surface area (Å²) in [6.07, 6.45) is 0.520. The van der Waals surface area contributed by atoms with Crippen molar-refractivity contribution in [2.24, 2.45) is 0 Å². The second-order valence-electron chi connectivity index (χ2n) is 6.83. The maximum atomic E-state index is 5.86. The molecule has 1 aromatic carbocycles. The molecule has 0 saturated carbocycles. The second-order valence-corrected chi connectivity index (χ2v) is 8.14. The van der Waals surface area contributed by atoms with Gasteiger partial charge in [0.2, 0.25) is 4.77 Å². The van der Waals surface area contributed by atoms with Crippen LogP contribution in [0, 0.1) is 4.77 Å². The zero-order valence-corrected chi connectivity index (χ0v) is 16.6. The first-order valence-corrected chi connectivity index (χ1v) is 10.2. The third-order valence-electron chi connectivity index (χ3n) is 4.59. The number of nitrogens with one attached hydrogen (secondary N) is 1. The minimum Gasteiger partial charge on any atom is -0.364 e. The number of rotatable bonds is 4. The molecule has 2 atom stereocenters. The van der Waals surface area contributed by atoms with Crippen LogP contribution < -0.4 is 4.90 Å². The van der Waals surface area contributed by atoms with Gasteiger partial charge in [-0.25, -0.2) is 0 Å². The molecular formula is C19H23N4OS2+. The fraction of sp³-hybridized carbons (Fsp3) is 0.368. The van der Waals surface area contributed by atoms with Gasteiger partial charge in [-0.15, -0.1) is 16.4 Å². The van der Waals surface area contributed by atoms with E-state index in [9.17, 15) is 0 Å². The van der Waals surface area contributed by atoms with E-state index in [1.165, 1.54) is 4.90 Å². The summed E-state index contributed by atoms with van der Waals surface area (Å²) in [6.45, 7) is 6.97. The number of thiophene rings is 1. The van der Waals surface area contributed by atoms with Crippen LogP contribution in [-0.4, -0.2) is 39.6 Å². The number of ether oxygens (including phenoxy) is 1. The number of morpholine rings is 1. The standard InChI is InChI=1S/C19H22N4OS2/c1-14-11-21(12-15(2)24-14)13-22-19(25)23(16-7-4-3-5-8-16)18(20-22)17-9-6-10-26-17/h3-10,14-15H,11-13H2,1-2H3/p+1/t14-,15-/m1/s1. The first-order valence-electron chi connectivity index (χ1n) is 8.90. The summed E-state index contributed by atoms with van der Waals surface area (Å²) in [6, 6.07) is 14.4. The molecule has 0 radical (unpaired) electrons. The van der Waals surface area contributed by atoms with Crippen molar-refractivity contribution in [3.8, 4) is 16.4 Å². The molecule has 2 aromatic heterocycles.